The van der Waals surface area contributed by atoms with Crippen LogP contribution in [0.1, 0.15) is 30.6 Å². The fraction of sp³-hybridized carbons (Fsp3) is 0.312. The first-order chi connectivity index (χ1) is 9.99. The van der Waals surface area contributed by atoms with Crippen LogP contribution in [-0.2, 0) is 4.79 Å². The molecule has 5 nitrogen and oxygen atoms in total. The van der Waals surface area contributed by atoms with Gasteiger partial charge in [0.25, 0.3) is 5.91 Å². The highest BCUT2D eigenvalue weighted by molar-refractivity contribution is 5.98. The Labute approximate surface area is 123 Å². The topological polar surface area (TPSA) is 70.5 Å². The third kappa shape index (κ3) is 3.56. The van der Waals surface area contributed by atoms with Gasteiger partial charge in [-0.1, -0.05) is 6.07 Å². The Morgan fingerprint density at radius 2 is 2.05 bits per heavy atom. The van der Waals surface area contributed by atoms with Gasteiger partial charge in [-0.15, -0.1) is 0 Å². The summed E-state index contributed by atoms with van der Waals surface area (Å²) >= 11 is 0. The highest BCUT2D eigenvalue weighted by Crippen LogP contribution is 2.16. The summed E-state index contributed by atoms with van der Waals surface area (Å²) in [6.07, 6.45) is 1.65. The number of fused-ring (bicyclic) bond motifs is 1. The highest BCUT2D eigenvalue weighted by Gasteiger charge is 2.19. The van der Waals surface area contributed by atoms with Gasteiger partial charge in [0.05, 0.1) is 11.9 Å². The molecule has 0 aliphatic rings. The summed E-state index contributed by atoms with van der Waals surface area (Å²) in [5.74, 6) is -1.06. The first-order valence-corrected chi connectivity index (χ1v) is 6.86. The highest BCUT2D eigenvalue weighted by atomic mass is 16.4. The molecule has 1 aromatic heterocycles. The number of aliphatic carboxylic acids is 1. The molecule has 0 spiro atoms. The molecule has 5 heteroatoms. The maximum Gasteiger partial charge on any atom is 0.305 e. The molecule has 0 aliphatic heterocycles. The molecule has 1 amide bonds. The third-order valence-electron chi connectivity index (χ3n) is 3.30. The lowest BCUT2D eigenvalue weighted by Gasteiger charge is -2.26. The number of carboxylic acid groups (broad SMARTS) is 1. The molecule has 2 rings (SSSR count). The number of hydrogen-bond acceptors (Lipinski definition) is 3. The first-order valence-electron chi connectivity index (χ1n) is 6.86. The summed E-state index contributed by atoms with van der Waals surface area (Å²) in [6, 6.07) is 8.99. The van der Waals surface area contributed by atoms with Gasteiger partial charge >= 0.3 is 5.97 Å². The summed E-state index contributed by atoms with van der Waals surface area (Å²) in [5, 5.41) is 9.69. The van der Waals surface area contributed by atoms with Crippen LogP contribution in [0.5, 0.6) is 0 Å². The third-order valence-corrected chi connectivity index (χ3v) is 3.30. The van der Waals surface area contributed by atoms with Gasteiger partial charge in [-0.3, -0.25) is 14.6 Å². The Morgan fingerprint density at radius 3 is 2.71 bits per heavy atom. The molecule has 0 bridgehead atoms. The van der Waals surface area contributed by atoms with E-state index in [-0.39, 0.29) is 24.9 Å². The molecule has 0 aliphatic carbocycles. The van der Waals surface area contributed by atoms with Crippen LogP contribution in [0.4, 0.5) is 0 Å². The molecule has 2 aromatic rings. The van der Waals surface area contributed by atoms with Gasteiger partial charge in [0.1, 0.15) is 0 Å². The fourth-order valence-corrected chi connectivity index (χ4v) is 2.18. The zero-order chi connectivity index (χ0) is 15.4. The molecule has 110 valence electrons. The number of benzene rings is 1. The molecule has 0 fully saturated rings. The zero-order valence-corrected chi connectivity index (χ0v) is 12.1. The van der Waals surface area contributed by atoms with Crippen LogP contribution in [0.2, 0.25) is 0 Å². The lowest BCUT2D eigenvalue weighted by molar-refractivity contribution is -0.137. The number of nitrogens with zero attached hydrogens (tertiary/aromatic N) is 2. The Bertz CT molecular complexity index is 667. The first kappa shape index (κ1) is 15.0. The van der Waals surface area contributed by atoms with Crippen LogP contribution in [0, 0.1) is 0 Å². The summed E-state index contributed by atoms with van der Waals surface area (Å²) in [7, 11) is 0. The Hall–Kier alpha value is -2.43. The Kier molecular flexibility index (Phi) is 4.52. The minimum absolute atomic E-state index is 0.0542. The molecular formula is C16H18N2O3. The summed E-state index contributed by atoms with van der Waals surface area (Å²) in [5.41, 5.74) is 1.38. The Balaban J connectivity index is 2.27. The van der Waals surface area contributed by atoms with E-state index in [2.05, 4.69) is 4.98 Å². The van der Waals surface area contributed by atoms with E-state index >= 15 is 0 Å². The summed E-state index contributed by atoms with van der Waals surface area (Å²) in [4.78, 5) is 29.1. The second-order valence-electron chi connectivity index (χ2n) is 5.15. The van der Waals surface area contributed by atoms with Crippen LogP contribution >= 0.6 is 0 Å². The smallest absolute Gasteiger partial charge is 0.305 e. The molecule has 1 heterocycles. The van der Waals surface area contributed by atoms with Crippen molar-refractivity contribution in [3.05, 3.63) is 42.1 Å². The van der Waals surface area contributed by atoms with Crippen molar-refractivity contribution >= 4 is 22.8 Å². The van der Waals surface area contributed by atoms with Gasteiger partial charge in [-0.05, 0) is 38.1 Å². The number of aromatic nitrogens is 1. The van der Waals surface area contributed by atoms with Gasteiger partial charge in [-0.2, -0.15) is 0 Å². The summed E-state index contributed by atoms with van der Waals surface area (Å²) in [6.45, 7) is 3.96. The van der Waals surface area contributed by atoms with E-state index in [1.807, 2.05) is 26.0 Å². The average molecular weight is 286 g/mol. The van der Waals surface area contributed by atoms with Crippen molar-refractivity contribution < 1.29 is 14.7 Å². The van der Waals surface area contributed by atoms with Crippen LogP contribution in [0.3, 0.4) is 0 Å². The second kappa shape index (κ2) is 6.35. The Morgan fingerprint density at radius 1 is 1.29 bits per heavy atom. The van der Waals surface area contributed by atoms with Gasteiger partial charge in [0, 0.05) is 29.7 Å². The lowest BCUT2D eigenvalue weighted by atomic mass is 10.1. The summed E-state index contributed by atoms with van der Waals surface area (Å²) < 4.78 is 0. The molecule has 0 atom stereocenters. The molecular weight excluding hydrogens is 268 g/mol. The molecule has 0 saturated heterocycles. The van der Waals surface area contributed by atoms with Crippen molar-refractivity contribution in [1.82, 2.24) is 9.88 Å². The van der Waals surface area contributed by atoms with Crippen molar-refractivity contribution in [3.63, 3.8) is 0 Å². The van der Waals surface area contributed by atoms with E-state index in [1.54, 1.807) is 29.3 Å². The fourth-order valence-electron chi connectivity index (χ4n) is 2.18. The van der Waals surface area contributed by atoms with E-state index in [0.717, 1.165) is 10.9 Å². The number of pyridine rings is 1. The largest absolute Gasteiger partial charge is 0.481 e. The minimum Gasteiger partial charge on any atom is -0.481 e. The van der Waals surface area contributed by atoms with E-state index in [4.69, 9.17) is 5.11 Å². The van der Waals surface area contributed by atoms with Gasteiger partial charge in [0.15, 0.2) is 0 Å². The molecule has 21 heavy (non-hydrogen) atoms. The monoisotopic (exact) mass is 286 g/mol. The maximum atomic E-state index is 12.6. The van der Waals surface area contributed by atoms with Crippen LogP contribution in [-0.4, -0.2) is 39.5 Å². The van der Waals surface area contributed by atoms with Crippen LogP contribution in [0.25, 0.3) is 10.9 Å². The van der Waals surface area contributed by atoms with Crippen molar-refractivity contribution in [2.24, 2.45) is 0 Å². The SMILES string of the molecule is CC(C)N(CCC(=O)O)C(=O)c1ccc2ncccc2c1. The molecule has 1 N–H and O–H groups in total. The van der Waals surface area contributed by atoms with Crippen molar-refractivity contribution in [1.29, 1.82) is 0 Å². The quantitative estimate of drug-likeness (QED) is 0.917. The second-order valence-corrected chi connectivity index (χ2v) is 5.15. The zero-order valence-electron chi connectivity index (χ0n) is 12.1. The predicted molar refractivity (Wildman–Crippen MR) is 80.2 cm³/mol. The minimum atomic E-state index is -0.906. The number of hydrogen-bond donors (Lipinski definition) is 1. The van der Waals surface area contributed by atoms with E-state index < -0.39 is 5.97 Å². The van der Waals surface area contributed by atoms with Gasteiger partial charge < -0.3 is 10.0 Å². The number of carbonyl (C=O) groups excluding carboxylic acids is 1. The van der Waals surface area contributed by atoms with Crippen molar-refractivity contribution in [2.75, 3.05) is 6.54 Å². The predicted octanol–water partition coefficient (Wildman–Crippen LogP) is 2.56. The van der Waals surface area contributed by atoms with Gasteiger partial charge in [-0.25, -0.2) is 0 Å². The van der Waals surface area contributed by atoms with Crippen LogP contribution < -0.4 is 0 Å². The molecule has 0 unspecified atom stereocenters. The lowest BCUT2D eigenvalue weighted by Crippen LogP contribution is -2.38. The molecule has 0 saturated carbocycles. The van der Waals surface area contributed by atoms with Crippen LogP contribution in [0.15, 0.2) is 36.5 Å². The average Bonchev–Trinajstić information content (AvgIpc) is 2.46. The van der Waals surface area contributed by atoms with Gasteiger partial charge in [0.2, 0.25) is 0 Å². The van der Waals surface area contributed by atoms with E-state index in [9.17, 15) is 9.59 Å². The maximum absolute atomic E-state index is 12.6. The number of carboxylic acids is 1. The number of amides is 1. The number of rotatable bonds is 5. The molecule has 1 aromatic carbocycles. The van der Waals surface area contributed by atoms with E-state index in [1.165, 1.54) is 0 Å². The normalized spacial score (nSPS) is 10.8. The standard InChI is InChI=1S/C16H18N2O3/c1-11(2)18(9-7-15(19)20)16(21)13-5-6-14-12(10-13)4-3-8-17-14/h3-6,8,10-11H,7,9H2,1-2H3,(H,19,20). The van der Waals surface area contributed by atoms with Crippen molar-refractivity contribution in [3.8, 4) is 0 Å². The van der Waals surface area contributed by atoms with E-state index in [0.29, 0.717) is 5.56 Å². The molecule has 0 radical (unpaired) electrons. The van der Waals surface area contributed by atoms with Crippen molar-refractivity contribution in [2.45, 2.75) is 26.3 Å². The number of carbonyl (C=O) groups is 2.